The number of hydrogen-bond donors (Lipinski definition) is 2. The Morgan fingerprint density at radius 3 is 2.48 bits per heavy atom. The standard InChI is InChI=1S/C17H16ClNO4/c1-11-8-14(6-7-15(11)18)23-10-16(20)19-13-4-2-12(3-5-13)9-17(21)22/h2-8H,9-10H2,1H3,(H,19,20)(H,21,22). The third kappa shape index (κ3) is 5.30. The third-order valence-electron chi connectivity index (χ3n) is 3.09. The van der Waals surface area contributed by atoms with E-state index in [1.54, 1.807) is 42.5 Å². The zero-order valence-electron chi connectivity index (χ0n) is 12.5. The summed E-state index contributed by atoms with van der Waals surface area (Å²) in [7, 11) is 0. The van der Waals surface area contributed by atoms with E-state index in [1.165, 1.54) is 0 Å². The van der Waals surface area contributed by atoms with E-state index in [0.29, 0.717) is 22.0 Å². The van der Waals surface area contributed by atoms with Gasteiger partial charge in [0.2, 0.25) is 0 Å². The number of anilines is 1. The summed E-state index contributed by atoms with van der Waals surface area (Å²) in [6, 6.07) is 11.8. The molecule has 0 aliphatic heterocycles. The summed E-state index contributed by atoms with van der Waals surface area (Å²) in [5.74, 6) is -0.629. The number of carbonyl (C=O) groups is 2. The van der Waals surface area contributed by atoms with Crippen molar-refractivity contribution in [2.75, 3.05) is 11.9 Å². The fraction of sp³-hybridized carbons (Fsp3) is 0.176. The van der Waals surface area contributed by atoms with E-state index in [2.05, 4.69) is 5.32 Å². The zero-order valence-corrected chi connectivity index (χ0v) is 13.3. The fourth-order valence-electron chi connectivity index (χ4n) is 1.93. The monoisotopic (exact) mass is 333 g/mol. The molecule has 2 rings (SSSR count). The van der Waals surface area contributed by atoms with Gasteiger partial charge >= 0.3 is 5.97 Å². The second kappa shape index (κ2) is 7.65. The Balaban J connectivity index is 1.86. The van der Waals surface area contributed by atoms with Crippen LogP contribution in [0, 0.1) is 6.92 Å². The van der Waals surface area contributed by atoms with Crippen molar-refractivity contribution in [1.29, 1.82) is 0 Å². The second-order valence-corrected chi connectivity index (χ2v) is 5.42. The number of hydrogen-bond acceptors (Lipinski definition) is 3. The number of carboxylic acid groups (broad SMARTS) is 1. The number of amides is 1. The van der Waals surface area contributed by atoms with Crippen LogP contribution < -0.4 is 10.1 Å². The van der Waals surface area contributed by atoms with Crippen LogP contribution in [-0.2, 0) is 16.0 Å². The fourth-order valence-corrected chi connectivity index (χ4v) is 2.05. The lowest BCUT2D eigenvalue weighted by Gasteiger charge is -2.09. The van der Waals surface area contributed by atoms with E-state index in [4.69, 9.17) is 21.4 Å². The number of nitrogens with one attached hydrogen (secondary N) is 1. The van der Waals surface area contributed by atoms with Crippen molar-refractivity contribution in [3.05, 3.63) is 58.6 Å². The van der Waals surface area contributed by atoms with Crippen molar-refractivity contribution in [2.45, 2.75) is 13.3 Å². The highest BCUT2D eigenvalue weighted by Crippen LogP contribution is 2.21. The molecule has 5 nitrogen and oxygen atoms in total. The Morgan fingerprint density at radius 1 is 1.17 bits per heavy atom. The number of aryl methyl sites for hydroxylation is 1. The van der Waals surface area contributed by atoms with Crippen LogP contribution >= 0.6 is 11.6 Å². The quantitative estimate of drug-likeness (QED) is 0.850. The van der Waals surface area contributed by atoms with Gasteiger partial charge in [-0.2, -0.15) is 0 Å². The van der Waals surface area contributed by atoms with Gasteiger partial charge in [0.15, 0.2) is 6.61 Å². The molecule has 0 spiro atoms. The molecule has 0 unspecified atom stereocenters. The smallest absolute Gasteiger partial charge is 0.307 e. The molecule has 0 bridgehead atoms. The van der Waals surface area contributed by atoms with Crippen molar-refractivity contribution in [1.82, 2.24) is 0 Å². The molecule has 1 amide bonds. The molecule has 0 aliphatic rings. The predicted octanol–water partition coefficient (Wildman–Crippen LogP) is 3.29. The van der Waals surface area contributed by atoms with Crippen molar-refractivity contribution in [2.24, 2.45) is 0 Å². The largest absolute Gasteiger partial charge is 0.484 e. The van der Waals surface area contributed by atoms with Crippen molar-refractivity contribution >= 4 is 29.2 Å². The van der Waals surface area contributed by atoms with Crippen LogP contribution in [0.5, 0.6) is 5.75 Å². The molecule has 2 N–H and O–H groups in total. The molecule has 0 radical (unpaired) electrons. The Hall–Kier alpha value is -2.53. The van der Waals surface area contributed by atoms with Crippen LogP contribution in [0.3, 0.4) is 0 Å². The van der Waals surface area contributed by atoms with E-state index in [9.17, 15) is 9.59 Å². The first-order valence-electron chi connectivity index (χ1n) is 6.93. The average Bonchev–Trinajstić information content (AvgIpc) is 2.50. The van der Waals surface area contributed by atoms with Crippen LogP contribution in [0.4, 0.5) is 5.69 Å². The van der Waals surface area contributed by atoms with Gasteiger partial charge in [0, 0.05) is 10.7 Å². The zero-order chi connectivity index (χ0) is 16.8. The molecule has 0 fully saturated rings. The van der Waals surface area contributed by atoms with E-state index in [1.807, 2.05) is 6.92 Å². The van der Waals surface area contributed by atoms with Gasteiger partial charge in [-0.25, -0.2) is 0 Å². The Morgan fingerprint density at radius 2 is 1.87 bits per heavy atom. The van der Waals surface area contributed by atoms with Crippen LogP contribution in [-0.4, -0.2) is 23.6 Å². The van der Waals surface area contributed by atoms with Crippen LogP contribution in [0.1, 0.15) is 11.1 Å². The highest BCUT2D eigenvalue weighted by atomic mass is 35.5. The maximum Gasteiger partial charge on any atom is 0.307 e. The lowest BCUT2D eigenvalue weighted by Crippen LogP contribution is -2.20. The molecule has 23 heavy (non-hydrogen) atoms. The number of rotatable bonds is 6. The average molecular weight is 334 g/mol. The minimum Gasteiger partial charge on any atom is -0.484 e. The van der Waals surface area contributed by atoms with Gasteiger partial charge in [-0.3, -0.25) is 9.59 Å². The molecule has 0 saturated heterocycles. The van der Waals surface area contributed by atoms with Gasteiger partial charge in [-0.1, -0.05) is 23.7 Å². The summed E-state index contributed by atoms with van der Waals surface area (Å²) >= 11 is 5.92. The number of benzene rings is 2. The van der Waals surface area contributed by atoms with Gasteiger partial charge < -0.3 is 15.2 Å². The number of aliphatic carboxylic acids is 1. The van der Waals surface area contributed by atoms with Gasteiger partial charge in [0.05, 0.1) is 6.42 Å². The molecule has 0 aromatic heterocycles. The lowest BCUT2D eigenvalue weighted by molar-refractivity contribution is -0.136. The van der Waals surface area contributed by atoms with E-state index < -0.39 is 5.97 Å². The van der Waals surface area contributed by atoms with Crippen molar-refractivity contribution < 1.29 is 19.4 Å². The molecule has 0 atom stereocenters. The van der Waals surface area contributed by atoms with E-state index >= 15 is 0 Å². The highest BCUT2D eigenvalue weighted by molar-refractivity contribution is 6.31. The Labute approximate surface area is 138 Å². The summed E-state index contributed by atoms with van der Waals surface area (Å²) in [5.41, 5.74) is 2.13. The summed E-state index contributed by atoms with van der Waals surface area (Å²) in [6.07, 6.45) is -0.0484. The Kier molecular flexibility index (Phi) is 5.60. The van der Waals surface area contributed by atoms with Gasteiger partial charge in [0.1, 0.15) is 5.75 Å². The number of halogens is 1. The van der Waals surface area contributed by atoms with Gasteiger partial charge in [0.25, 0.3) is 5.91 Å². The summed E-state index contributed by atoms with van der Waals surface area (Å²) in [5, 5.41) is 12.0. The summed E-state index contributed by atoms with van der Waals surface area (Å²) in [4.78, 5) is 22.4. The molecule has 0 heterocycles. The first-order chi connectivity index (χ1) is 10.9. The van der Waals surface area contributed by atoms with Crippen molar-refractivity contribution in [3.63, 3.8) is 0 Å². The van der Waals surface area contributed by atoms with Crippen LogP contribution in [0.2, 0.25) is 5.02 Å². The maximum absolute atomic E-state index is 11.8. The van der Waals surface area contributed by atoms with Crippen molar-refractivity contribution in [3.8, 4) is 5.75 Å². The maximum atomic E-state index is 11.8. The molecule has 2 aromatic rings. The lowest BCUT2D eigenvalue weighted by atomic mass is 10.1. The Bertz CT molecular complexity index is 713. The first kappa shape index (κ1) is 16.8. The molecule has 0 aliphatic carbocycles. The molecular formula is C17H16ClNO4. The molecule has 6 heteroatoms. The number of carbonyl (C=O) groups excluding carboxylic acids is 1. The minimum atomic E-state index is -0.895. The van der Waals surface area contributed by atoms with Crippen LogP contribution in [0.25, 0.3) is 0 Å². The SMILES string of the molecule is Cc1cc(OCC(=O)Nc2ccc(CC(=O)O)cc2)ccc1Cl. The normalized spacial score (nSPS) is 10.2. The molecule has 2 aromatic carbocycles. The third-order valence-corrected chi connectivity index (χ3v) is 3.52. The van der Waals surface area contributed by atoms with Crippen LogP contribution in [0.15, 0.2) is 42.5 Å². The van der Waals surface area contributed by atoms with E-state index in [0.717, 1.165) is 5.56 Å². The topological polar surface area (TPSA) is 75.6 Å². The minimum absolute atomic E-state index is 0.0484. The molecule has 120 valence electrons. The van der Waals surface area contributed by atoms with E-state index in [-0.39, 0.29) is 18.9 Å². The summed E-state index contributed by atoms with van der Waals surface area (Å²) < 4.78 is 5.40. The predicted molar refractivity (Wildman–Crippen MR) is 88.1 cm³/mol. The number of ether oxygens (including phenoxy) is 1. The molecular weight excluding hydrogens is 318 g/mol. The van der Waals surface area contributed by atoms with Gasteiger partial charge in [-0.15, -0.1) is 0 Å². The van der Waals surface area contributed by atoms with Gasteiger partial charge in [-0.05, 0) is 48.4 Å². The molecule has 0 saturated carbocycles. The first-order valence-corrected chi connectivity index (χ1v) is 7.31. The number of carboxylic acids is 1. The second-order valence-electron chi connectivity index (χ2n) is 5.02. The highest BCUT2D eigenvalue weighted by Gasteiger charge is 2.06. The summed E-state index contributed by atoms with van der Waals surface area (Å²) in [6.45, 7) is 1.73.